The Labute approximate surface area is 121 Å². The van der Waals surface area contributed by atoms with Gasteiger partial charge in [-0.3, -0.25) is 0 Å². The Balaban J connectivity index is 1.97. The van der Waals surface area contributed by atoms with Crippen LogP contribution in [0.1, 0.15) is 17.6 Å². The second-order valence-corrected chi connectivity index (χ2v) is 7.66. The molecular weight excluding hydrogens is 298 g/mol. The number of thiophene rings is 1. The molecule has 0 radical (unpaired) electrons. The van der Waals surface area contributed by atoms with Gasteiger partial charge >= 0.3 is 0 Å². The highest BCUT2D eigenvalue weighted by atomic mass is 32.2. The van der Waals surface area contributed by atoms with Crippen LogP contribution in [0.3, 0.4) is 0 Å². The van der Waals surface area contributed by atoms with Gasteiger partial charge in [0.05, 0.1) is 13.2 Å². The van der Waals surface area contributed by atoms with Crippen molar-refractivity contribution in [1.82, 2.24) is 14.3 Å². The van der Waals surface area contributed by atoms with E-state index >= 15 is 0 Å². The zero-order valence-electron chi connectivity index (χ0n) is 10.9. The van der Waals surface area contributed by atoms with Gasteiger partial charge in [-0.1, -0.05) is 6.07 Å². The summed E-state index contributed by atoms with van der Waals surface area (Å²) in [5.74, 6) is 0.627. The molecule has 1 atom stereocenters. The number of nitrogens with zero attached hydrogens (tertiary/aromatic N) is 2. The number of hydrogen-bond acceptors (Lipinski definition) is 5. The number of sulfonamides is 1. The Morgan fingerprint density at radius 1 is 1.55 bits per heavy atom. The number of rotatable bonds is 3. The molecule has 20 heavy (non-hydrogen) atoms. The molecule has 2 aromatic rings. The van der Waals surface area contributed by atoms with E-state index in [9.17, 15) is 8.42 Å². The maximum Gasteiger partial charge on any atom is 0.253 e. The number of aromatic nitrogens is 2. The summed E-state index contributed by atoms with van der Waals surface area (Å²) in [5.41, 5.74) is 0.902. The number of morpholine rings is 1. The molecule has 6 nitrogen and oxygen atoms in total. The average Bonchev–Trinajstić information content (AvgIpc) is 3.10. The fourth-order valence-electron chi connectivity index (χ4n) is 2.22. The van der Waals surface area contributed by atoms with Gasteiger partial charge in [-0.15, -0.1) is 11.3 Å². The predicted octanol–water partition coefficient (Wildman–Crippen LogP) is 1.54. The minimum absolute atomic E-state index is 0.317. The summed E-state index contributed by atoms with van der Waals surface area (Å²) < 4.78 is 32.6. The van der Waals surface area contributed by atoms with Crippen LogP contribution in [-0.4, -0.2) is 42.4 Å². The highest BCUT2D eigenvalue weighted by Gasteiger charge is 2.36. The standard InChI is InChI=1S/C12H15N3O3S2/c1-9-7-13-12(14-9)10-8-18-5-4-15(10)20(16,17)11-3-2-6-19-11/h2-3,6-7,10H,4-5,8H2,1H3,(H,13,14)/t10-/m0/s1. The van der Waals surface area contributed by atoms with Crippen molar-refractivity contribution in [1.29, 1.82) is 0 Å². The van der Waals surface area contributed by atoms with E-state index in [0.717, 1.165) is 5.69 Å². The third-order valence-corrected chi connectivity index (χ3v) is 6.46. The highest BCUT2D eigenvalue weighted by molar-refractivity contribution is 7.91. The second kappa shape index (κ2) is 5.28. The smallest absolute Gasteiger partial charge is 0.253 e. The molecule has 0 unspecified atom stereocenters. The maximum absolute atomic E-state index is 12.7. The van der Waals surface area contributed by atoms with Crippen LogP contribution < -0.4 is 0 Å². The minimum atomic E-state index is -3.49. The molecule has 8 heteroatoms. The van der Waals surface area contributed by atoms with Crippen LogP contribution in [0.2, 0.25) is 0 Å². The lowest BCUT2D eigenvalue weighted by molar-refractivity contribution is 0.0293. The third kappa shape index (κ3) is 2.39. The van der Waals surface area contributed by atoms with Crippen molar-refractivity contribution in [3.63, 3.8) is 0 Å². The van der Waals surface area contributed by atoms with Crippen molar-refractivity contribution in [2.45, 2.75) is 17.2 Å². The quantitative estimate of drug-likeness (QED) is 0.932. The summed E-state index contributed by atoms with van der Waals surface area (Å²) in [5, 5.41) is 1.76. The maximum atomic E-state index is 12.7. The van der Waals surface area contributed by atoms with Crippen LogP contribution in [-0.2, 0) is 14.8 Å². The summed E-state index contributed by atoms with van der Waals surface area (Å²) in [6.45, 7) is 2.95. The van der Waals surface area contributed by atoms with Crippen molar-refractivity contribution in [2.75, 3.05) is 19.8 Å². The Bertz CT molecular complexity index is 679. The van der Waals surface area contributed by atoms with Gasteiger partial charge in [0.1, 0.15) is 16.1 Å². The van der Waals surface area contributed by atoms with Gasteiger partial charge in [-0.05, 0) is 18.4 Å². The number of ether oxygens (including phenoxy) is 1. The molecule has 0 spiro atoms. The van der Waals surface area contributed by atoms with E-state index in [0.29, 0.717) is 29.8 Å². The summed E-state index contributed by atoms with van der Waals surface area (Å²) in [4.78, 5) is 7.35. The predicted molar refractivity (Wildman–Crippen MR) is 75.1 cm³/mol. The number of aromatic amines is 1. The first-order chi connectivity index (χ1) is 9.59. The number of aryl methyl sites for hydroxylation is 1. The molecule has 108 valence electrons. The van der Waals surface area contributed by atoms with Gasteiger partial charge in [0.2, 0.25) is 0 Å². The largest absolute Gasteiger partial charge is 0.378 e. The number of hydrogen-bond donors (Lipinski definition) is 1. The Morgan fingerprint density at radius 2 is 2.40 bits per heavy atom. The molecular formula is C12H15N3O3S2. The lowest BCUT2D eigenvalue weighted by Crippen LogP contribution is -2.43. The molecule has 1 fully saturated rings. The first-order valence-electron chi connectivity index (χ1n) is 6.23. The first kappa shape index (κ1) is 13.7. The van der Waals surface area contributed by atoms with E-state index in [1.54, 1.807) is 23.7 Å². The summed E-state index contributed by atoms with van der Waals surface area (Å²) in [6.07, 6.45) is 1.69. The molecule has 0 aliphatic carbocycles. The molecule has 3 heterocycles. The van der Waals surface area contributed by atoms with E-state index in [1.165, 1.54) is 15.6 Å². The van der Waals surface area contributed by atoms with Gasteiger partial charge in [-0.25, -0.2) is 13.4 Å². The van der Waals surface area contributed by atoms with Gasteiger partial charge < -0.3 is 9.72 Å². The molecule has 0 amide bonds. The van der Waals surface area contributed by atoms with Crippen molar-refractivity contribution in [2.24, 2.45) is 0 Å². The normalized spacial score (nSPS) is 21.1. The summed E-state index contributed by atoms with van der Waals surface area (Å²) >= 11 is 1.22. The van der Waals surface area contributed by atoms with E-state index in [4.69, 9.17) is 4.74 Å². The van der Waals surface area contributed by atoms with Crippen LogP contribution in [0.25, 0.3) is 0 Å². The Morgan fingerprint density at radius 3 is 3.05 bits per heavy atom. The summed E-state index contributed by atoms with van der Waals surface area (Å²) in [7, 11) is -3.49. The van der Waals surface area contributed by atoms with Crippen LogP contribution >= 0.6 is 11.3 Å². The van der Waals surface area contributed by atoms with E-state index < -0.39 is 16.1 Å². The topological polar surface area (TPSA) is 75.3 Å². The van der Waals surface area contributed by atoms with Gasteiger partial charge in [0.15, 0.2) is 0 Å². The monoisotopic (exact) mass is 313 g/mol. The van der Waals surface area contributed by atoms with Crippen LogP contribution in [0, 0.1) is 6.92 Å². The van der Waals surface area contributed by atoms with E-state index in [2.05, 4.69) is 9.97 Å². The Hall–Kier alpha value is -1.22. The van der Waals surface area contributed by atoms with Crippen molar-refractivity contribution in [3.8, 4) is 0 Å². The SMILES string of the molecule is Cc1cnc([C@@H]2COCCN2S(=O)(=O)c2cccs2)[nH]1. The van der Waals surface area contributed by atoms with Gasteiger partial charge in [0, 0.05) is 18.4 Å². The zero-order valence-corrected chi connectivity index (χ0v) is 12.6. The number of imidazole rings is 1. The Kier molecular flexibility index (Phi) is 3.63. The van der Waals surface area contributed by atoms with Crippen molar-refractivity contribution in [3.05, 3.63) is 35.2 Å². The first-order valence-corrected chi connectivity index (χ1v) is 8.55. The highest BCUT2D eigenvalue weighted by Crippen LogP contribution is 2.30. The molecule has 1 aliphatic rings. The molecule has 0 aromatic carbocycles. The van der Waals surface area contributed by atoms with E-state index in [1.807, 2.05) is 6.92 Å². The fraction of sp³-hybridized carbons (Fsp3) is 0.417. The molecule has 1 saturated heterocycles. The molecule has 1 N–H and O–H groups in total. The lowest BCUT2D eigenvalue weighted by Gasteiger charge is -2.32. The average molecular weight is 313 g/mol. The molecule has 0 bridgehead atoms. The van der Waals surface area contributed by atoms with Crippen LogP contribution in [0.5, 0.6) is 0 Å². The molecule has 1 aliphatic heterocycles. The zero-order chi connectivity index (χ0) is 14.2. The fourth-order valence-corrected chi connectivity index (χ4v) is 4.90. The van der Waals surface area contributed by atoms with Crippen molar-refractivity contribution >= 4 is 21.4 Å². The third-order valence-electron chi connectivity index (χ3n) is 3.18. The molecule has 2 aromatic heterocycles. The second-order valence-electron chi connectivity index (χ2n) is 4.59. The minimum Gasteiger partial charge on any atom is -0.378 e. The summed E-state index contributed by atoms with van der Waals surface area (Å²) in [6, 6.07) is 2.97. The van der Waals surface area contributed by atoms with Crippen LogP contribution in [0.4, 0.5) is 0 Å². The van der Waals surface area contributed by atoms with Gasteiger partial charge in [0.25, 0.3) is 10.0 Å². The lowest BCUT2D eigenvalue weighted by atomic mass is 10.2. The van der Waals surface area contributed by atoms with Crippen LogP contribution in [0.15, 0.2) is 27.9 Å². The van der Waals surface area contributed by atoms with Gasteiger partial charge in [-0.2, -0.15) is 4.31 Å². The number of H-pyrrole nitrogens is 1. The number of nitrogens with one attached hydrogen (secondary N) is 1. The molecule has 3 rings (SSSR count). The van der Waals surface area contributed by atoms with E-state index in [-0.39, 0.29) is 0 Å². The van der Waals surface area contributed by atoms with Crippen molar-refractivity contribution < 1.29 is 13.2 Å². The molecule has 0 saturated carbocycles.